The van der Waals surface area contributed by atoms with Gasteiger partial charge in [-0.25, -0.2) is 14.6 Å². The Bertz CT molecular complexity index is 1310. The van der Waals surface area contributed by atoms with E-state index in [2.05, 4.69) is 25.4 Å². The molecule has 1 aromatic carbocycles. The molecule has 1 amide bonds. The quantitative estimate of drug-likeness (QED) is 0.373. The SMILES string of the molecule is NC(=O)CC(n1ccc2cnc(Nc3ccc(-n4cncn4)cc3)nc21)C1(C(=O)O)CCC1. The van der Waals surface area contributed by atoms with Gasteiger partial charge in [0.25, 0.3) is 0 Å². The molecule has 11 nitrogen and oxygen atoms in total. The molecule has 1 unspecified atom stereocenters. The first-order valence-corrected chi connectivity index (χ1v) is 10.5. The molecule has 4 aromatic rings. The molecular formula is C22H22N8O3. The van der Waals surface area contributed by atoms with Gasteiger partial charge in [-0.2, -0.15) is 10.1 Å². The zero-order chi connectivity index (χ0) is 23.0. The Morgan fingerprint density at radius 3 is 2.61 bits per heavy atom. The molecule has 1 atom stereocenters. The molecule has 168 valence electrons. The lowest BCUT2D eigenvalue weighted by molar-refractivity contribution is -0.159. The molecule has 33 heavy (non-hydrogen) atoms. The van der Waals surface area contributed by atoms with E-state index in [0.717, 1.165) is 23.2 Å². The van der Waals surface area contributed by atoms with Crippen molar-refractivity contribution in [1.29, 1.82) is 0 Å². The predicted molar refractivity (Wildman–Crippen MR) is 119 cm³/mol. The summed E-state index contributed by atoms with van der Waals surface area (Å²) in [6.45, 7) is 0. The van der Waals surface area contributed by atoms with E-state index in [0.29, 0.717) is 24.4 Å². The summed E-state index contributed by atoms with van der Waals surface area (Å²) in [4.78, 5) is 36.9. The second-order valence-corrected chi connectivity index (χ2v) is 8.21. The van der Waals surface area contributed by atoms with Crippen molar-refractivity contribution in [1.82, 2.24) is 29.3 Å². The van der Waals surface area contributed by atoms with Gasteiger partial charge in [0.2, 0.25) is 11.9 Å². The highest BCUT2D eigenvalue weighted by atomic mass is 16.4. The average molecular weight is 446 g/mol. The number of carbonyl (C=O) groups is 2. The molecule has 0 radical (unpaired) electrons. The van der Waals surface area contributed by atoms with Crippen LogP contribution in [-0.2, 0) is 9.59 Å². The summed E-state index contributed by atoms with van der Waals surface area (Å²) < 4.78 is 3.41. The van der Waals surface area contributed by atoms with Gasteiger partial charge in [-0.1, -0.05) is 6.42 Å². The summed E-state index contributed by atoms with van der Waals surface area (Å²) in [6.07, 6.45) is 8.21. The van der Waals surface area contributed by atoms with Crippen LogP contribution in [0, 0.1) is 5.41 Å². The van der Waals surface area contributed by atoms with Crippen molar-refractivity contribution >= 4 is 34.5 Å². The van der Waals surface area contributed by atoms with Crippen LogP contribution in [0.15, 0.2) is 55.4 Å². The number of primary amides is 1. The van der Waals surface area contributed by atoms with Gasteiger partial charge in [0.15, 0.2) is 0 Å². The number of hydrogen-bond donors (Lipinski definition) is 3. The van der Waals surface area contributed by atoms with Crippen molar-refractivity contribution in [2.75, 3.05) is 5.32 Å². The summed E-state index contributed by atoms with van der Waals surface area (Å²) in [5.41, 5.74) is 6.64. The van der Waals surface area contributed by atoms with Crippen molar-refractivity contribution in [3.05, 3.63) is 55.4 Å². The van der Waals surface area contributed by atoms with Crippen LogP contribution in [0.2, 0.25) is 0 Å². The molecule has 0 bridgehead atoms. The van der Waals surface area contributed by atoms with E-state index in [1.165, 1.54) is 6.33 Å². The van der Waals surface area contributed by atoms with Crippen LogP contribution in [0.25, 0.3) is 16.7 Å². The molecule has 1 fully saturated rings. The number of carbonyl (C=O) groups excluding carboxylic acids is 1. The Labute approximate surface area is 188 Å². The van der Waals surface area contributed by atoms with Crippen LogP contribution in [0.3, 0.4) is 0 Å². The molecule has 0 aliphatic heterocycles. The topological polar surface area (TPSA) is 154 Å². The Hall–Kier alpha value is -4.28. The molecule has 1 aliphatic rings. The number of benzene rings is 1. The molecule has 1 saturated carbocycles. The second kappa shape index (κ2) is 8.01. The number of nitrogens with two attached hydrogens (primary N) is 1. The van der Waals surface area contributed by atoms with E-state index >= 15 is 0 Å². The van der Waals surface area contributed by atoms with Crippen LogP contribution >= 0.6 is 0 Å². The van der Waals surface area contributed by atoms with Gasteiger partial charge in [-0.15, -0.1) is 0 Å². The van der Waals surface area contributed by atoms with Crippen LogP contribution in [0.1, 0.15) is 31.7 Å². The summed E-state index contributed by atoms with van der Waals surface area (Å²) in [6, 6.07) is 8.70. The summed E-state index contributed by atoms with van der Waals surface area (Å²) in [7, 11) is 0. The van der Waals surface area contributed by atoms with E-state index < -0.39 is 23.3 Å². The molecule has 5 rings (SSSR count). The number of rotatable bonds is 8. The fourth-order valence-corrected chi connectivity index (χ4v) is 4.42. The molecular weight excluding hydrogens is 424 g/mol. The van der Waals surface area contributed by atoms with Gasteiger partial charge in [0.1, 0.15) is 18.3 Å². The number of carboxylic acids is 1. The number of amides is 1. The molecule has 11 heteroatoms. The number of carboxylic acid groups (broad SMARTS) is 1. The van der Waals surface area contributed by atoms with Crippen molar-refractivity contribution in [2.45, 2.75) is 31.7 Å². The molecule has 3 aromatic heterocycles. The maximum atomic E-state index is 12.2. The monoisotopic (exact) mass is 446 g/mol. The van der Waals surface area contributed by atoms with Crippen molar-refractivity contribution in [3.63, 3.8) is 0 Å². The van der Waals surface area contributed by atoms with Gasteiger partial charge in [0.05, 0.1) is 17.1 Å². The highest BCUT2D eigenvalue weighted by Gasteiger charge is 2.52. The minimum atomic E-state index is -1.03. The van der Waals surface area contributed by atoms with Gasteiger partial charge in [-0.05, 0) is 43.2 Å². The zero-order valence-electron chi connectivity index (χ0n) is 17.6. The fraction of sp³-hybridized carbons (Fsp3) is 0.273. The van der Waals surface area contributed by atoms with Crippen molar-refractivity contribution in [2.24, 2.45) is 11.1 Å². The second-order valence-electron chi connectivity index (χ2n) is 8.21. The molecule has 4 N–H and O–H groups in total. The number of fused-ring (bicyclic) bond motifs is 1. The maximum Gasteiger partial charge on any atom is 0.311 e. The minimum Gasteiger partial charge on any atom is -0.481 e. The Morgan fingerprint density at radius 2 is 2.00 bits per heavy atom. The van der Waals surface area contributed by atoms with Crippen LogP contribution in [-0.4, -0.2) is 46.3 Å². The lowest BCUT2D eigenvalue weighted by atomic mass is 9.63. The van der Waals surface area contributed by atoms with Crippen LogP contribution < -0.4 is 11.1 Å². The predicted octanol–water partition coefficient (Wildman–Crippen LogP) is 2.43. The lowest BCUT2D eigenvalue weighted by Gasteiger charge is -2.44. The molecule has 1 aliphatic carbocycles. The first-order valence-electron chi connectivity index (χ1n) is 10.5. The largest absolute Gasteiger partial charge is 0.481 e. The van der Waals surface area contributed by atoms with Gasteiger partial charge >= 0.3 is 5.97 Å². The first-order chi connectivity index (χ1) is 16.0. The number of nitrogens with zero attached hydrogens (tertiary/aromatic N) is 6. The van der Waals surface area contributed by atoms with E-state index in [1.54, 1.807) is 28.0 Å². The number of nitrogens with one attached hydrogen (secondary N) is 1. The minimum absolute atomic E-state index is 0.0768. The van der Waals surface area contributed by atoms with Gasteiger partial charge in [-0.3, -0.25) is 9.59 Å². The highest BCUT2D eigenvalue weighted by molar-refractivity contribution is 5.82. The first kappa shape index (κ1) is 20.6. The van der Waals surface area contributed by atoms with E-state index in [9.17, 15) is 14.7 Å². The van der Waals surface area contributed by atoms with Gasteiger partial charge < -0.3 is 20.7 Å². The molecule has 3 heterocycles. The third-order valence-electron chi connectivity index (χ3n) is 6.30. The number of aliphatic carboxylic acids is 1. The van der Waals surface area contributed by atoms with Crippen molar-refractivity contribution < 1.29 is 14.7 Å². The fourth-order valence-electron chi connectivity index (χ4n) is 4.42. The maximum absolute atomic E-state index is 12.2. The van der Waals surface area contributed by atoms with Gasteiger partial charge in [0, 0.05) is 29.9 Å². The number of aromatic nitrogens is 6. The van der Waals surface area contributed by atoms with E-state index in [1.807, 2.05) is 30.3 Å². The number of anilines is 2. The standard InChI is InChI=1S/C22H22N8O3/c23-18(31)10-17(22(20(32)33)7-1-8-22)29-9-6-14-11-25-21(28-19(14)29)27-15-2-4-16(5-3-15)30-13-24-12-26-30/h2-6,9,11-13,17H,1,7-8,10H2,(H2,23,31)(H,32,33)(H,25,27,28). The highest BCUT2D eigenvalue weighted by Crippen LogP contribution is 2.51. The number of hydrogen-bond acceptors (Lipinski definition) is 7. The Kier molecular flexibility index (Phi) is 5.00. The zero-order valence-corrected chi connectivity index (χ0v) is 17.6. The molecule has 0 saturated heterocycles. The van der Waals surface area contributed by atoms with E-state index in [4.69, 9.17) is 5.73 Å². The summed E-state index contributed by atoms with van der Waals surface area (Å²) in [5, 5.41) is 18.0. The summed E-state index contributed by atoms with van der Waals surface area (Å²) in [5.74, 6) is -1.11. The Morgan fingerprint density at radius 1 is 1.21 bits per heavy atom. The smallest absolute Gasteiger partial charge is 0.311 e. The summed E-state index contributed by atoms with van der Waals surface area (Å²) >= 11 is 0. The van der Waals surface area contributed by atoms with E-state index in [-0.39, 0.29) is 6.42 Å². The molecule has 0 spiro atoms. The lowest BCUT2D eigenvalue weighted by Crippen LogP contribution is -2.46. The third-order valence-corrected chi connectivity index (χ3v) is 6.30. The van der Waals surface area contributed by atoms with Crippen LogP contribution in [0.4, 0.5) is 11.6 Å². The van der Waals surface area contributed by atoms with Crippen molar-refractivity contribution in [3.8, 4) is 5.69 Å². The third kappa shape index (κ3) is 3.67. The van der Waals surface area contributed by atoms with Crippen LogP contribution in [0.5, 0.6) is 0 Å². The normalized spacial score (nSPS) is 15.6. The Balaban J connectivity index is 1.47. The average Bonchev–Trinajstić information content (AvgIpc) is 3.42.